The van der Waals surface area contributed by atoms with Crippen molar-refractivity contribution in [2.45, 2.75) is 11.1 Å². The van der Waals surface area contributed by atoms with Crippen LogP contribution in [-0.4, -0.2) is 24.3 Å². The zero-order chi connectivity index (χ0) is 21.3. The Morgan fingerprint density at radius 2 is 1.87 bits per heavy atom. The van der Waals surface area contributed by atoms with Gasteiger partial charge in [0.2, 0.25) is 5.82 Å². The van der Waals surface area contributed by atoms with E-state index in [9.17, 15) is 13.2 Å². The lowest BCUT2D eigenvalue weighted by molar-refractivity contribution is 0.101. The van der Waals surface area contributed by atoms with Crippen molar-refractivity contribution in [1.82, 2.24) is 10.1 Å². The van der Waals surface area contributed by atoms with Crippen LogP contribution in [0.2, 0.25) is 5.02 Å². The minimum Gasteiger partial charge on any atom is -0.334 e. The van der Waals surface area contributed by atoms with Crippen molar-refractivity contribution in [2.75, 3.05) is 4.72 Å². The topological polar surface area (TPSA) is 102 Å². The Bertz CT molecular complexity index is 1330. The number of anilines is 1. The number of nitrogens with one attached hydrogen (secondary N) is 1. The van der Waals surface area contributed by atoms with Crippen molar-refractivity contribution in [1.29, 1.82) is 0 Å². The van der Waals surface area contributed by atoms with Crippen LogP contribution in [0.4, 0.5) is 5.69 Å². The predicted molar refractivity (Wildman–Crippen MR) is 115 cm³/mol. The molecule has 0 atom stereocenters. The minimum absolute atomic E-state index is 0.0805. The fraction of sp³-hybridized carbons (Fsp3) is 0.0500. The van der Waals surface area contributed by atoms with E-state index in [2.05, 4.69) is 14.9 Å². The van der Waals surface area contributed by atoms with Crippen LogP contribution in [0.1, 0.15) is 17.3 Å². The molecule has 0 spiro atoms. The fourth-order valence-electron chi connectivity index (χ4n) is 2.63. The van der Waals surface area contributed by atoms with Crippen LogP contribution in [0.25, 0.3) is 22.8 Å². The summed E-state index contributed by atoms with van der Waals surface area (Å²) in [6.45, 7) is 1.42. The van der Waals surface area contributed by atoms with Crippen molar-refractivity contribution >= 4 is 44.4 Å². The number of halogens is 1. The average Bonchev–Trinajstić information content (AvgIpc) is 3.38. The number of sulfonamides is 1. The van der Waals surface area contributed by atoms with E-state index in [0.717, 1.165) is 16.9 Å². The first-order chi connectivity index (χ1) is 14.3. The Labute approximate surface area is 181 Å². The molecule has 0 bridgehead atoms. The summed E-state index contributed by atoms with van der Waals surface area (Å²) in [5.41, 5.74) is 1.94. The SMILES string of the molecule is CC(=O)c1cccc(NS(=O)(=O)c2cc(-c3nc(-c4ccc(Cl)cc4)no3)cs2)c1. The molecule has 4 rings (SSSR count). The predicted octanol–water partition coefficient (Wildman–Crippen LogP) is 5.12. The highest BCUT2D eigenvalue weighted by molar-refractivity contribution is 7.94. The van der Waals surface area contributed by atoms with Gasteiger partial charge in [-0.1, -0.05) is 28.9 Å². The van der Waals surface area contributed by atoms with Crippen LogP contribution in [-0.2, 0) is 10.0 Å². The Kier molecular flexibility index (Phi) is 5.42. The zero-order valence-corrected chi connectivity index (χ0v) is 17.9. The standard InChI is InChI=1S/C20H14ClN3O4S2/c1-12(25)14-3-2-4-17(9-14)24-30(26,27)18-10-15(11-29-18)20-22-19(23-28-20)13-5-7-16(21)8-6-13/h2-11,24H,1H3. The van der Waals surface area contributed by atoms with E-state index >= 15 is 0 Å². The molecule has 2 aromatic carbocycles. The van der Waals surface area contributed by atoms with E-state index < -0.39 is 10.0 Å². The van der Waals surface area contributed by atoms with E-state index in [4.69, 9.17) is 16.1 Å². The summed E-state index contributed by atoms with van der Waals surface area (Å²) in [5.74, 6) is 0.426. The van der Waals surface area contributed by atoms with E-state index in [1.807, 2.05) is 0 Å². The number of carbonyl (C=O) groups is 1. The van der Waals surface area contributed by atoms with Gasteiger partial charge in [-0.05, 0) is 49.4 Å². The van der Waals surface area contributed by atoms with Gasteiger partial charge < -0.3 is 4.52 Å². The number of benzene rings is 2. The van der Waals surface area contributed by atoms with E-state index in [1.165, 1.54) is 19.1 Å². The minimum atomic E-state index is -3.84. The molecule has 0 aliphatic heterocycles. The number of thiophene rings is 1. The molecule has 2 heterocycles. The lowest BCUT2D eigenvalue weighted by Crippen LogP contribution is -2.11. The largest absolute Gasteiger partial charge is 0.334 e. The average molecular weight is 460 g/mol. The second-order valence-electron chi connectivity index (χ2n) is 6.33. The number of nitrogens with zero attached hydrogens (tertiary/aromatic N) is 2. The molecule has 0 aliphatic carbocycles. The molecule has 0 unspecified atom stereocenters. The number of rotatable bonds is 6. The second-order valence-corrected chi connectivity index (χ2v) is 9.58. The molecule has 0 saturated heterocycles. The molecular weight excluding hydrogens is 446 g/mol. The number of ketones is 1. The van der Waals surface area contributed by atoms with Gasteiger partial charge in [0.05, 0.1) is 5.56 Å². The third-order valence-electron chi connectivity index (χ3n) is 4.14. The van der Waals surface area contributed by atoms with Crippen molar-refractivity contribution in [3.05, 3.63) is 70.6 Å². The normalized spacial score (nSPS) is 11.4. The molecule has 10 heteroatoms. The summed E-state index contributed by atoms with van der Waals surface area (Å²) in [6, 6.07) is 14.7. The Hall–Kier alpha value is -3.01. The van der Waals surface area contributed by atoms with Crippen LogP contribution in [0.15, 0.2) is 68.7 Å². The molecule has 30 heavy (non-hydrogen) atoms. The van der Waals surface area contributed by atoms with Gasteiger partial charge >= 0.3 is 0 Å². The van der Waals surface area contributed by atoms with Crippen LogP contribution in [0.5, 0.6) is 0 Å². The zero-order valence-electron chi connectivity index (χ0n) is 15.5. The molecule has 0 saturated carbocycles. The van der Waals surface area contributed by atoms with Crippen molar-refractivity contribution < 1.29 is 17.7 Å². The number of Topliss-reactive ketones (excluding diaryl/α,β-unsaturated/α-hetero) is 1. The highest BCUT2D eigenvalue weighted by Crippen LogP contribution is 2.30. The van der Waals surface area contributed by atoms with Crippen LogP contribution in [0, 0.1) is 0 Å². The van der Waals surface area contributed by atoms with Crippen molar-refractivity contribution in [3.8, 4) is 22.8 Å². The van der Waals surface area contributed by atoms with Crippen LogP contribution in [0.3, 0.4) is 0 Å². The van der Waals surface area contributed by atoms with Crippen LogP contribution < -0.4 is 4.72 Å². The molecule has 152 valence electrons. The molecule has 2 aromatic heterocycles. The maximum Gasteiger partial charge on any atom is 0.271 e. The van der Waals surface area contributed by atoms with Gasteiger partial charge in [0.15, 0.2) is 5.78 Å². The Morgan fingerprint density at radius 3 is 2.60 bits per heavy atom. The van der Waals surface area contributed by atoms with Gasteiger partial charge in [0.1, 0.15) is 4.21 Å². The molecule has 0 radical (unpaired) electrons. The van der Waals surface area contributed by atoms with Crippen molar-refractivity contribution in [2.24, 2.45) is 0 Å². The monoisotopic (exact) mass is 459 g/mol. The first kappa shape index (κ1) is 20.3. The molecule has 1 N–H and O–H groups in total. The Balaban J connectivity index is 1.57. The van der Waals surface area contributed by atoms with E-state index in [0.29, 0.717) is 27.7 Å². The summed E-state index contributed by atoms with van der Waals surface area (Å²) >= 11 is 6.91. The molecule has 0 amide bonds. The first-order valence-electron chi connectivity index (χ1n) is 8.64. The van der Waals surface area contributed by atoms with Gasteiger partial charge in [0.25, 0.3) is 15.9 Å². The third kappa shape index (κ3) is 4.28. The van der Waals surface area contributed by atoms with Gasteiger partial charge in [-0.3, -0.25) is 9.52 Å². The lowest BCUT2D eigenvalue weighted by Gasteiger charge is -2.07. The lowest BCUT2D eigenvalue weighted by atomic mass is 10.1. The number of aromatic nitrogens is 2. The maximum atomic E-state index is 12.7. The molecule has 7 nitrogen and oxygen atoms in total. The molecule has 4 aromatic rings. The summed E-state index contributed by atoms with van der Waals surface area (Å²) in [7, 11) is -3.84. The molecular formula is C20H14ClN3O4S2. The summed E-state index contributed by atoms with van der Waals surface area (Å²) in [4.78, 5) is 15.8. The van der Waals surface area contributed by atoms with E-state index in [-0.39, 0.29) is 15.9 Å². The summed E-state index contributed by atoms with van der Waals surface area (Å²) in [6.07, 6.45) is 0. The summed E-state index contributed by atoms with van der Waals surface area (Å²) < 4.78 is 33.3. The van der Waals surface area contributed by atoms with E-state index in [1.54, 1.807) is 47.8 Å². The second kappa shape index (κ2) is 8.02. The third-order valence-corrected chi connectivity index (χ3v) is 7.21. The van der Waals surface area contributed by atoms with Gasteiger partial charge in [-0.15, -0.1) is 11.3 Å². The smallest absolute Gasteiger partial charge is 0.271 e. The molecule has 0 aliphatic rings. The number of hydrogen-bond acceptors (Lipinski definition) is 7. The fourth-order valence-corrected chi connectivity index (χ4v) is 4.96. The highest BCUT2D eigenvalue weighted by Gasteiger charge is 2.20. The van der Waals surface area contributed by atoms with Gasteiger partial charge in [-0.2, -0.15) is 4.98 Å². The Morgan fingerprint density at radius 1 is 1.10 bits per heavy atom. The first-order valence-corrected chi connectivity index (χ1v) is 11.4. The number of carbonyl (C=O) groups excluding carboxylic acids is 1. The van der Waals surface area contributed by atoms with Crippen molar-refractivity contribution in [3.63, 3.8) is 0 Å². The summed E-state index contributed by atoms with van der Waals surface area (Å²) in [5, 5.41) is 6.15. The highest BCUT2D eigenvalue weighted by atomic mass is 35.5. The number of hydrogen-bond donors (Lipinski definition) is 1. The quantitative estimate of drug-likeness (QED) is 0.401. The van der Waals surface area contributed by atoms with Crippen LogP contribution >= 0.6 is 22.9 Å². The maximum absolute atomic E-state index is 12.7. The molecule has 0 fully saturated rings. The van der Waals surface area contributed by atoms with Gasteiger partial charge in [-0.25, -0.2) is 8.42 Å². The van der Waals surface area contributed by atoms with Gasteiger partial charge in [0, 0.05) is 27.2 Å².